The Morgan fingerprint density at radius 2 is 0.844 bits per heavy atom. The number of unbranched alkanes of at least 4 members (excludes halogenated alkanes) is 33. The first-order chi connectivity index (χ1) is 31.5. The van der Waals surface area contributed by atoms with Crippen LogP contribution in [0, 0.1) is 0 Å². The van der Waals surface area contributed by atoms with Gasteiger partial charge in [-0.2, -0.15) is 0 Å². The number of aliphatic hydroxyl groups is 2. The van der Waals surface area contributed by atoms with Crippen molar-refractivity contribution in [3.63, 3.8) is 0 Å². The van der Waals surface area contributed by atoms with Crippen LogP contribution >= 0.6 is 0 Å². The van der Waals surface area contributed by atoms with Crippen molar-refractivity contribution in [3.8, 4) is 0 Å². The van der Waals surface area contributed by atoms with E-state index in [-0.39, 0.29) is 24.9 Å². The van der Waals surface area contributed by atoms with Crippen molar-refractivity contribution >= 4 is 11.9 Å². The minimum Gasteiger partial charge on any atom is -0.462 e. The Labute approximate surface area is 398 Å². The summed E-state index contributed by atoms with van der Waals surface area (Å²) in [6.07, 6.45) is 62.1. The molecule has 0 bridgehead atoms. The second-order valence-electron chi connectivity index (χ2n) is 19.3. The predicted molar refractivity (Wildman–Crippen MR) is 278 cm³/mol. The van der Waals surface area contributed by atoms with E-state index in [1.807, 2.05) is 0 Å². The molecule has 3 N–H and O–H groups in total. The molecule has 0 saturated carbocycles. The first kappa shape index (κ1) is 62.1. The fourth-order valence-corrected chi connectivity index (χ4v) is 8.74. The smallest absolute Gasteiger partial charge is 0.306 e. The second kappa shape index (κ2) is 52.1. The number of ether oxygens (including phenoxy) is 1. The number of hydrogen-bond donors (Lipinski definition) is 3. The van der Waals surface area contributed by atoms with E-state index in [0.717, 1.165) is 83.5 Å². The topological polar surface area (TPSA) is 95.9 Å². The Morgan fingerprint density at radius 3 is 1.28 bits per heavy atom. The SMILES string of the molecule is CC/C=C/C/C=C/C/C=C/CCCCCCC(CC(=O)NC(CO)C(O)CCCCCCCCCCCCCCCCCCC)OC(=O)CCCCCCCCCCCCCCCC. The molecule has 0 aromatic heterocycles. The van der Waals surface area contributed by atoms with Crippen molar-refractivity contribution in [3.05, 3.63) is 36.5 Å². The van der Waals surface area contributed by atoms with E-state index in [2.05, 4.69) is 62.5 Å². The fourth-order valence-electron chi connectivity index (χ4n) is 8.74. The summed E-state index contributed by atoms with van der Waals surface area (Å²) in [7, 11) is 0. The van der Waals surface area contributed by atoms with E-state index in [4.69, 9.17) is 4.74 Å². The van der Waals surface area contributed by atoms with E-state index in [1.165, 1.54) is 167 Å². The molecule has 0 aliphatic carbocycles. The lowest BCUT2D eigenvalue weighted by molar-refractivity contribution is -0.151. The van der Waals surface area contributed by atoms with Crippen LogP contribution in [0.5, 0.6) is 0 Å². The molecular weight excluding hydrogens is 791 g/mol. The van der Waals surface area contributed by atoms with Crippen LogP contribution in [0.4, 0.5) is 0 Å². The highest BCUT2D eigenvalue weighted by molar-refractivity contribution is 5.77. The monoisotopic (exact) mass is 900 g/mol. The van der Waals surface area contributed by atoms with Gasteiger partial charge in [-0.15, -0.1) is 0 Å². The molecule has 0 aliphatic heterocycles. The third kappa shape index (κ3) is 46.6. The second-order valence-corrected chi connectivity index (χ2v) is 19.3. The maximum absolute atomic E-state index is 13.2. The fraction of sp³-hybridized carbons (Fsp3) is 0.862. The van der Waals surface area contributed by atoms with E-state index in [9.17, 15) is 19.8 Å². The molecule has 6 nitrogen and oxygen atoms in total. The van der Waals surface area contributed by atoms with E-state index < -0.39 is 18.2 Å². The first-order valence-corrected chi connectivity index (χ1v) is 28.2. The molecule has 64 heavy (non-hydrogen) atoms. The first-order valence-electron chi connectivity index (χ1n) is 28.2. The molecule has 0 aliphatic rings. The number of carbonyl (C=O) groups is 2. The molecule has 0 aromatic carbocycles. The van der Waals surface area contributed by atoms with Gasteiger partial charge in [0.25, 0.3) is 0 Å². The zero-order chi connectivity index (χ0) is 46.7. The largest absolute Gasteiger partial charge is 0.462 e. The van der Waals surface area contributed by atoms with Crippen molar-refractivity contribution in [1.82, 2.24) is 5.32 Å². The van der Waals surface area contributed by atoms with Gasteiger partial charge in [0.05, 0.1) is 25.2 Å². The van der Waals surface area contributed by atoms with Gasteiger partial charge in [-0.3, -0.25) is 9.59 Å². The number of hydrogen-bond acceptors (Lipinski definition) is 5. The van der Waals surface area contributed by atoms with Crippen molar-refractivity contribution in [2.24, 2.45) is 0 Å². The molecular formula is C58H109NO5. The van der Waals surface area contributed by atoms with Gasteiger partial charge < -0.3 is 20.3 Å². The van der Waals surface area contributed by atoms with Gasteiger partial charge >= 0.3 is 5.97 Å². The molecule has 0 spiro atoms. The average Bonchev–Trinajstić information content (AvgIpc) is 3.29. The molecule has 0 fully saturated rings. The minimum absolute atomic E-state index is 0.0668. The zero-order valence-electron chi connectivity index (χ0n) is 42.9. The van der Waals surface area contributed by atoms with Gasteiger partial charge in [0.15, 0.2) is 0 Å². The maximum atomic E-state index is 13.2. The molecule has 0 saturated heterocycles. The lowest BCUT2D eigenvalue weighted by atomic mass is 10.0. The summed E-state index contributed by atoms with van der Waals surface area (Å²) >= 11 is 0. The highest BCUT2D eigenvalue weighted by atomic mass is 16.5. The minimum atomic E-state index is -0.792. The van der Waals surface area contributed by atoms with Crippen LogP contribution in [0.25, 0.3) is 0 Å². The molecule has 0 rings (SSSR count). The highest BCUT2D eigenvalue weighted by Crippen LogP contribution is 2.19. The van der Waals surface area contributed by atoms with Crippen molar-refractivity contribution in [2.45, 2.75) is 315 Å². The van der Waals surface area contributed by atoms with Crippen LogP contribution in [0.15, 0.2) is 36.5 Å². The molecule has 0 heterocycles. The lowest BCUT2D eigenvalue weighted by Crippen LogP contribution is -2.46. The summed E-state index contributed by atoms with van der Waals surface area (Å²) in [5.41, 5.74) is 0. The van der Waals surface area contributed by atoms with Crippen LogP contribution < -0.4 is 5.32 Å². The number of esters is 1. The third-order valence-corrected chi connectivity index (χ3v) is 13.0. The summed E-state index contributed by atoms with van der Waals surface area (Å²) in [4.78, 5) is 26.2. The van der Waals surface area contributed by atoms with Crippen molar-refractivity contribution in [2.75, 3.05) is 6.61 Å². The van der Waals surface area contributed by atoms with Gasteiger partial charge in [0.2, 0.25) is 5.91 Å². The van der Waals surface area contributed by atoms with Gasteiger partial charge in [-0.05, 0) is 57.8 Å². The van der Waals surface area contributed by atoms with Crippen LogP contribution in [0.2, 0.25) is 0 Å². The van der Waals surface area contributed by atoms with Crippen LogP contribution in [0.3, 0.4) is 0 Å². The number of aliphatic hydroxyl groups excluding tert-OH is 2. The Balaban J connectivity index is 4.52. The Bertz CT molecular complexity index is 1060. The predicted octanol–water partition coefficient (Wildman–Crippen LogP) is 17.2. The van der Waals surface area contributed by atoms with Crippen molar-refractivity contribution < 1.29 is 24.5 Å². The number of amides is 1. The Morgan fingerprint density at radius 1 is 0.469 bits per heavy atom. The van der Waals surface area contributed by atoms with Gasteiger partial charge in [-0.25, -0.2) is 0 Å². The highest BCUT2D eigenvalue weighted by Gasteiger charge is 2.24. The van der Waals surface area contributed by atoms with Crippen molar-refractivity contribution in [1.29, 1.82) is 0 Å². The third-order valence-electron chi connectivity index (χ3n) is 13.0. The normalized spacial score (nSPS) is 13.4. The molecule has 376 valence electrons. The summed E-state index contributed by atoms with van der Waals surface area (Å²) in [5.74, 6) is -0.481. The average molecular weight is 901 g/mol. The molecule has 1 amide bonds. The molecule has 0 aromatic rings. The number of allylic oxidation sites excluding steroid dienone is 6. The van der Waals surface area contributed by atoms with E-state index >= 15 is 0 Å². The summed E-state index contributed by atoms with van der Waals surface area (Å²) in [6, 6.07) is -0.707. The van der Waals surface area contributed by atoms with Gasteiger partial charge in [-0.1, -0.05) is 263 Å². The zero-order valence-corrected chi connectivity index (χ0v) is 42.9. The molecule has 6 heteroatoms. The number of nitrogens with one attached hydrogen (secondary N) is 1. The van der Waals surface area contributed by atoms with Crippen LogP contribution in [-0.4, -0.2) is 46.9 Å². The summed E-state index contributed by atoms with van der Waals surface area (Å²) in [6.45, 7) is 6.40. The number of carbonyl (C=O) groups excluding carboxylic acids is 2. The lowest BCUT2D eigenvalue weighted by Gasteiger charge is -2.24. The van der Waals surface area contributed by atoms with Crippen LogP contribution in [-0.2, 0) is 14.3 Å². The number of rotatable bonds is 51. The summed E-state index contributed by atoms with van der Waals surface area (Å²) in [5, 5.41) is 23.9. The molecule has 3 unspecified atom stereocenters. The van der Waals surface area contributed by atoms with E-state index in [1.54, 1.807) is 0 Å². The van der Waals surface area contributed by atoms with Crippen LogP contribution in [0.1, 0.15) is 297 Å². The standard InChI is InChI=1S/C58H109NO5/c1-4-7-10-13-16-19-22-25-28-29-30-32-35-38-41-44-47-50-56(61)55(53-60)59-57(62)52-54(49-46-43-40-37-34-31-26-23-20-17-14-11-8-5-2)64-58(63)51-48-45-42-39-36-33-27-24-21-18-15-12-9-6-3/h8,11,17,20,26,31,54-56,60-61H,4-7,9-10,12-16,18-19,21-25,27-30,32-53H2,1-3H3,(H,59,62)/b11-8+,20-17+,31-26+. The molecule has 3 atom stereocenters. The van der Waals surface area contributed by atoms with Gasteiger partial charge in [0.1, 0.15) is 6.10 Å². The van der Waals surface area contributed by atoms with E-state index in [0.29, 0.717) is 19.3 Å². The molecule has 0 radical (unpaired) electrons. The quantitative estimate of drug-likeness (QED) is 0.0321. The maximum Gasteiger partial charge on any atom is 0.306 e. The Kier molecular flexibility index (Phi) is 50.5. The summed E-state index contributed by atoms with van der Waals surface area (Å²) < 4.78 is 5.94. The Hall–Kier alpha value is -1.92. The van der Waals surface area contributed by atoms with Gasteiger partial charge in [0, 0.05) is 6.42 Å².